The maximum Gasteiger partial charge on any atom is 0.270 e. The molecule has 1 aliphatic rings. The summed E-state index contributed by atoms with van der Waals surface area (Å²) in [5.41, 5.74) is 0.205. The maximum atomic E-state index is 12.0. The SMILES string of the molecule is O=C(NCC1CCNC1)c1cc([N+](=O)[O-])ccc1Br. The second kappa shape index (κ2) is 6.12. The molecule has 2 N–H and O–H groups in total. The maximum absolute atomic E-state index is 12.0. The Morgan fingerprint density at radius 2 is 2.37 bits per heavy atom. The van der Waals surface area contributed by atoms with Crippen molar-refractivity contribution in [2.24, 2.45) is 5.92 Å². The van der Waals surface area contributed by atoms with Gasteiger partial charge in [-0.05, 0) is 47.4 Å². The van der Waals surface area contributed by atoms with Crippen molar-refractivity contribution in [3.8, 4) is 0 Å². The molecule has 1 amide bonds. The van der Waals surface area contributed by atoms with Crippen LogP contribution in [0.4, 0.5) is 5.69 Å². The minimum absolute atomic E-state index is 0.0871. The number of halogens is 1. The summed E-state index contributed by atoms with van der Waals surface area (Å²) in [5.74, 6) is 0.142. The molecule has 2 rings (SSSR count). The van der Waals surface area contributed by atoms with Crippen molar-refractivity contribution < 1.29 is 9.72 Å². The van der Waals surface area contributed by atoms with E-state index in [2.05, 4.69) is 26.6 Å². The predicted octanol–water partition coefficient (Wildman–Crippen LogP) is 1.70. The Labute approximate surface area is 118 Å². The Morgan fingerprint density at radius 1 is 1.58 bits per heavy atom. The number of nitrogens with zero attached hydrogens (tertiary/aromatic N) is 1. The van der Waals surface area contributed by atoms with Crippen LogP contribution in [0.5, 0.6) is 0 Å². The summed E-state index contributed by atoms with van der Waals surface area (Å²) in [7, 11) is 0. The standard InChI is InChI=1S/C12H14BrN3O3/c13-11-2-1-9(16(18)19)5-10(11)12(17)15-7-8-3-4-14-6-8/h1-2,5,8,14H,3-4,6-7H2,(H,15,17). The van der Waals surface area contributed by atoms with Gasteiger partial charge >= 0.3 is 0 Å². The van der Waals surface area contributed by atoms with Gasteiger partial charge in [-0.1, -0.05) is 0 Å². The van der Waals surface area contributed by atoms with E-state index < -0.39 is 4.92 Å². The van der Waals surface area contributed by atoms with Crippen LogP contribution in [-0.4, -0.2) is 30.5 Å². The van der Waals surface area contributed by atoms with Crippen LogP contribution in [0.1, 0.15) is 16.8 Å². The van der Waals surface area contributed by atoms with Crippen LogP contribution < -0.4 is 10.6 Å². The second-order valence-corrected chi connectivity index (χ2v) is 5.34. The zero-order chi connectivity index (χ0) is 13.8. The molecular weight excluding hydrogens is 314 g/mol. The van der Waals surface area contributed by atoms with Gasteiger partial charge in [-0.15, -0.1) is 0 Å². The summed E-state index contributed by atoms with van der Waals surface area (Å²) in [4.78, 5) is 22.2. The average Bonchev–Trinajstić information content (AvgIpc) is 2.89. The van der Waals surface area contributed by atoms with Crippen LogP contribution in [0.25, 0.3) is 0 Å². The monoisotopic (exact) mass is 327 g/mol. The molecule has 0 saturated carbocycles. The molecule has 1 atom stereocenters. The molecule has 1 fully saturated rings. The van der Waals surface area contributed by atoms with Gasteiger partial charge in [0.05, 0.1) is 10.5 Å². The van der Waals surface area contributed by atoms with Crippen LogP contribution in [0, 0.1) is 16.0 Å². The minimum Gasteiger partial charge on any atom is -0.352 e. The first-order valence-electron chi connectivity index (χ1n) is 6.01. The average molecular weight is 328 g/mol. The Kier molecular flexibility index (Phi) is 4.49. The summed E-state index contributed by atoms with van der Waals surface area (Å²) in [6.45, 7) is 2.46. The fourth-order valence-corrected chi connectivity index (χ4v) is 2.45. The molecule has 6 nitrogen and oxygen atoms in total. The van der Waals surface area contributed by atoms with Gasteiger partial charge < -0.3 is 10.6 Å². The lowest BCUT2D eigenvalue weighted by molar-refractivity contribution is -0.384. The van der Waals surface area contributed by atoms with Crippen molar-refractivity contribution in [2.45, 2.75) is 6.42 Å². The number of non-ortho nitro benzene ring substituents is 1. The number of nitro groups is 1. The highest BCUT2D eigenvalue weighted by atomic mass is 79.9. The van der Waals surface area contributed by atoms with E-state index in [0.717, 1.165) is 19.5 Å². The third-order valence-corrected chi connectivity index (χ3v) is 3.81. The summed E-state index contributed by atoms with van der Waals surface area (Å²) >= 11 is 3.24. The Balaban J connectivity index is 2.04. The number of nitrogens with one attached hydrogen (secondary N) is 2. The molecule has 0 aromatic heterocycles. The van der Waals surface area contributed by atoms with Crippen molar-refractivity contribution in [3.63, 3.8) is 0 Å². The lowest BCUT2D eigenvalue weighted by atomic mass is 10.1. The first-order valence-corrected chi connectivity index (χ1v) is 6.80. The van der Waals surface area contributed by atoms with E-state index in [0.29, 0.717) is 22.5 Å². The van der Waals surface area contributed by atoms with Crippen LogP contribution in [0.15, 0.2) is 22.7 Å². The minimum atomic E-state index is -0.510. The Morgan fingerprint density at radius 3 is 3.00 bits per heavy atom. The molecule has 7 heteroatoms. The summed E-state index contributed by atoms with van der Waals surface area (Å²) in [6.07, 6.45) is 1.04. The molecule has 1 unspecified atom stereocenters. The molecule has 0 radical (unpaired) electrons. The van der Waals surface area contributed by atoms with Crippen LogP contribution >= 0.6 is 15.9 Å². The van der Waals surface area contributed by atoms with E-state index in [1.165, 1.54) is 18.2 Å². The predicted molar refractivity (Wildman–Crippen MR) is 74.1 cm³/mol. The normalized spacial score (nSPS) is 18.3. The number of benzene rings is 1. The number of hydrogen-bond donors (Lipinski definition) is 2. The topological polar surface area (TPSA) is 84.3 Å². The first kappa shape index (κ1) is 14.0. The summed E-state index contributed by atoms with van der Waals surface area (Å²) in [6, 6.07) is 4.16. The zero-order valence-electron chi connectivity index (χ0n) is 10.2. The molecular formula is C12H14BrN3O3. The van der Waals surface area contributed by atoms with E-state index in [1.54, 1.807) is 0 Å². The number of nitro benzene ring substituents is 1. The third kappa shape index (κ3) is 3.51. The molecule has 0 aliphatic carbocycles. The fourth-order valence-electron chi connectivity index (χ4n) is 2.02. The van der Waals surface area contributed by atoms with Crippen molar-refractivity contribution in [1.82, 2.24) is 10.6 Å². The molecule has 1 saturated heterocycles. The van der Waals surface area contributed by atoms with Crippen LogP contribution in [-0.2, 0) is 0 Å². The van der Waals surface area contributed by atoms with E-state index >= 15 is 0 Å². The summed E-state index contributed by atoms with van der Waals surface area (Å²) in [5, 5.41) is 16.7. The smallest absolute Gasteiger partial charge is 0.270 e. The third-order valence-electron chi connectivity index (χ3n) is 3.12. The second-order valence-electron chi connectivity index (χ2n) is 4.49. The van der Waals surface area contributed by atoms with Crippen LogP contribution in [0.3, 0.4) is 0 Å². The zero-order valence-corrected chi connectivity index (χ0v) is 11.8. The highest BCUT2D eigenvalue weighted by Gasteiger charge is 2.18. The fraction of sp³-hybridized carbons (Fsp3) is 0.417. The van der Waals surface area contributed by atoms with Gasteiger partial charge in [-0.3, -0.25) is 14.9 Å². The number of carbonyl (C=O) groups is 1. The Bertz CT molecular complexity index is 501. The van der Waals surface area contributed by atoms with Gasteiger partial charge in [0.2, 0.25) is 0 Å². The van der Waals surface area contributed by atoms with Gasteiger partial charge in [0.15, 0.2) is 0 Å². The van der Waals surface area contributed by atoms with Crippen molar-refractivity contribution in [3.05, 3.63) is 38.3 Å². The van der Waals surface area contributed by atoms with Gasteiger partial charge in [0.25, 0.3) is 11.6 Å². The molecule has 1 heterocycles. The van der Waals surface area contributed by atoms with Gasteiger partial charge in [-0.2, -0.15) is 0 Å². The van der Waals surface area contributed by atoms with Gasteiger partial charge in [0, 0.05) is 23.2 Å². The molecule has 1 aromatic carbocycles. The Hall–Kier alpha value is -1.47. The van der Waals surface area contributed by atoms with Crippen molar-refractivity contribution >= 4 is 27.5 Å². The number of amides is 1. The van der Waals surface area contributed by atoms with E-state index in [1.807, 2.05) is 0 Å². The number of hydrogen-bond acceptors (Lipinski definition) is 4. The molecule has 0 spiro atoms. The highest BCUT2D eigenvalue weighted by molar-refractivity contribution is 9.10. The quantitative estimate of drug-likeness (QED) is 0.651. The highest BCUT2D eigenvalue weighted by Crippen LogP contribution is 2.22. The van der Waals surface area contributed by atoms with Crippen molar-refractivity contribution in [2.75, 3.05) is 19.6 Å². The largest absolute Gasteiger partial charge is 0.352 e. The lowest BCUT2D eigenvalue weighted by Gasteiger charge is -2.10. The van der Waals surface area contributed by atoms with Gasteiger partial charge in [0.1, 0.15) is 0 Å². The van der Waals surface area contributed by atoms with E-state index in [4.69, 9.17) is 0 Å². The van der Waals surface area contributed by atoms with E-state index in [9.17, 15) is 14.9 Å². The van der Waals surface area contributed by atoms with E-state index in [-0.39, 0.29) is 11.6 Å². The number of carbonyl (C=O) groups excluding carboxylic acids is 1. The van der Waals surface area contributed by atoms with Gasteiger partial charge in [-0.25, -0.2) is 0 Å². The molecule has 19 heavy (non-hydrogen) atoms. The molecule has 1 aromatic rings. The lowest BCUT2D eigenvalue weighted by Crippen LogP contribution is -2.30. The summed E-state index contributed by atoms with van der Waals surface area (Å²) < 4.78 is 0.556. The molecule has 1 aliphatic heterocycles. The molecule has 0 bridgehead atoms. The number of rotatable bonds is 4. The van der Waals surface area contributed by atoms with Crippen LogP contribution in [0.2, 0.25) is 0 Å². The van der Waals surface area contributed by atoms with Crippen molar-refractivity contribution in [1.29, 1.82) is 0 Å². The first-order chi connectivity index (χ1) is 9.08. The molecule has 102 valence electrons.